The number of hydrogen-bond donors (Lipinski definition) is 0. The zero-order valence-corrected chi connectivity index (χ0v) is 13.2. The second kappa shape index (κ2) is 4.66. The molecule has 1 heterocycles. The molecular formula is C18H19NO4. The maximum absolute atomic E-state index is 12.7. The lowest BCUT2D eigenvalue weighted by atomic mass is 9.69. The van der Waals surface area contributed by atoms with Gasteiger partial charge in [0.2, 0.25) is 0 Å². The smallest absolute Gasteiger partial charge is 0.329 e. The Bertz CT molecular complexity index is 688. The molecule has 2 aliphatic carbocycles. The number of rotatable bonds is 2. The average Bonchev–Trinajstić information content (AvgIpc) is 3.15. The van der Waals surface area contributed by atoms with Crippen LogP contribution in [-0.2, 0) is 9.63 Å². The molecule has 1 aliphatic heterocycles. The van der Waals surface area contributed by atoms with Crippen LogP contribution in [0.15, 0.2) is 24.3 Å². The van der Waals surface area contributed by atoms with Gasteiger partial charge in [0.1, 0.15) is 0 Å². The lowest BCUT2D eigenvalue weighted by Gasteiger charge is -2.36. The summed E-state index contributed by atoms with van der Waals surface area (Å²) in [5, 5.41) is 0.634. The van der Waals surface area contributed by atoms with Crippen LogP contribution in [0.5, 0.6) is 0 Å². The van der Waals surface area contributed by atoms with Crippen LogP contribution >= 0.6 is 0 Å². The number of carbonyl (C=O) groups is 3. The predicted molar refractivity (Wildman–Crippen MR) is 81.1 cm³/mol. The summed E-state index contributed by atoms with van der Waals surface area (Å²) in [5.41, 5.74) is 0.439. The predicted octanol–water partition coefficient (Wildman–Crippen LogP) is 2.81. The third-order valence-electron chi connectivity index (χ3n) is 5.99. The highest BCUT2D eigenvalue weighted by molar-refractivity contribution is 6.20. The molecule has 0 radical (unpaired) electrons. The second-order valence-corrected chi connectivity index (χ2v) is 7.43. The van der Waals surface area contributed by atoms with Crippen LogP contribution in [0, 0.1) is 23.2 Å². The van der Waals surface area contributed by atoms with Crippen molar-refractivity contribution in [3.8, 4) is 0 Å². The number of fused-ring (bicyclic) bond motifs is 3. The minimum absolute atomic E-state index is 0.140. The van der Waals surface area contributed by atoms with E-state index in [2.05, 4.69) is 13.8 Å². The van der Waals surface area contributed by atoms with Crippen LogP contribution in [0.25, 0.3) is 0 Å². The first-order chi connectivity index (χ1) is 10.9. The van der Waals surface area contributed by atoms with E-state index in [1.54, 1.807) is 24.3 Å². The van der Waals surface area contributed by atoms with Crippen molar-refractivity contribution in [3.63, 3.8) is 0 Å². The molecule has 23 heavy (non-hydrogen) atoms. The molecule has 2 saturated carbocycles. The van der Waals surface area contributed by atoms with Gasteiger partial charge in [-0.1, -0.05) is 31.0 Å². The lowest BCUT2D eigenvalue weighted by molar-refractivity contribution is -0.180. The van der Waals surface area contributed by atoms with E-state index in [1.165, 1.54) is 0 Å². The van der Waals surface area contributed by atoms with Crippen molar-refractivity contribution in [3.05, 3.63) is 35.4 Å². The summed E-state index contributed by atoms with van der Waals surface area (Å²) in [4.78, 5) is 42.6. The number of benzene rings is 1. The van der Waals surface area contributed by atoms with Crippen molar-refractivity contribution in [2.75, 3.05) is 0 Å². The summed E-state index contributed by atoms with van der Waals surface area (Å²) in [6, 6.07) is 6.53. The van der Waals surface area contributed by atoms with E-state index >= 15 is 0 Å². The molecule has 4 rings (SSSR count). The summed E-state index contributed by atoms with van der Waals surface area (Å²) in [6.07, 6.45) is 3.21. The fourth-order valence-electron chi connectivity index (χ4n) is 4.75. The van der Waals surface area contributed by atoms with Gasteiger partial charge in [-0.25, -0.2) is 4.79 Å². The minimum atomic E-state index is -0.556. The van der Waals surface area contributed by atoms with E-state index in [9.17, 15) is 14.4 Å². The highest BCUT2D eigenvalue weighted by Gasteiger charge is 2.57. The maximum atomic E-state index is 12.7. The molecule has 3 aliphatic rings. The van der Waals surface area contributed by atoms with E-state index in [4.69, 9.17) is 4.84 Å². The summed E-state index contributed by atoms with van der Waals surface area (Å²) >= 11 is 0. The fourth-order valence-corrected chi connectivity index (χ4v) is 4.75. The first kappa shape index (κ1) is 14.4. The van der Waals surface area contributed by atoms with Crippen molar-refractivity contribution in [2.45, 2.75) is 33.1 Å². The van der Waals surface area contributed by atoms with Crippen LogP contribution in [0.3, 0.4) is 0 Å². The SMILES string of the molecule is CC1(C)C2CCC(C2)C1C(=O)ON1C(=O)c2ccccc2C1=O. The highest BCUT2D eigenvalue weighted by atomic mass is 16.7. The normalized spacial score (nSPS) is 30.7. The lowest BCUT2D eigenvalue weighted by Crippen LogP contribution is -2.42. The molecule has 3 atom stereocenters. The Morgan fingerprint density at radius 2 is 1.74 bits per heavy atom. The van der Waals surface area contributed by atoms with Crippen LogP contribution < -0.4 is 0 Å². The first-order valence-corrected chi connectivity index (χ1v) is 8.11. The molecule has 2 bridgehead atoms. The van der Waals surface area contributed by atoms with Gasteiger partial charge < -0.3 is 4.84 Å². The zero-order chi connectivity index (χ0) is 16.4. The van der Waals surface area contributed by atoms with Crippen molar-refractivity contribution < 1.29 is 19.2 Å². The Labute approximate surface area is 134 Å². The number of hydrogen-bond acceptors (Lipinski definition) is 4. The Hall–Kier alpha value is -2.17. The van der Waals surface area contributed by atoms with Crippen molar-refractivity contribution in [1.82, 2.24) is 5.06 Å². The first-order valence-electron chi connectivity index (χ1n) is 8.11. The molecule has 2 amide bonds. The quantitative estimate of drug-likeness (QED) is 0.788. The largest absolute Gasteiger partial charge is 0.337 e. The Kier molecular flexibility index (Phi) is 2.92. The molecule has 0 aromatic heterocycles. The van der Waals surface area contributed by atoms with Gasteiger partial charge in [-0.3, -0.25) is 9.59 Å². The molecule has 0 spiro atoms. The minimum Gasteiger partial charge on any atom is -0.329 e. The van der Waals surface area contributed by atoms with Gasteiger partial charge in [0.05, 0.1) is 17.0 Å². The Morgan fingerprint density at radius 3 is 2.26 bits per heavy atom. The fraction of sp³-hybridized carbons (Fsp3) is 0.500. The van der Waals surface area contributed by atoms with E-state index in [0.29, 0.717) is 16.9 Å². The molecular weight excluding hydrogens is 294 g/mol. The molecule has 0 N–H and O–H groups in total. The third kappa shape index (κ3) is 1.89. The Balaban J connectivity index is 1.57. The topological polar surface area (TPSA) is 63.7 Å². The summed E-state index contributed by atoms with van der Waals surface area (Å²) < 4.78 is 0. The number of hydroxylamine groups is 2. The summed E-state index contributed by atoms with van der Waals surface area (Å²) in [6.45, 7) is 4.18. The van der Waals surface area contributed by atoms with E-state index < -0.39 is 17.8 Å². The Morgan fingerprint density at radius 1 is 1.13 bits per heavy atom. The van der Waals surface area contributed by atoms with Gasteiger partial charge in [-0.05, 0) is 48.6 Å². The summed E-state index contributed by atoms with van der Waals surface area (Å²) in [5.74, 6) is -0.980. The van der Waals surface area contributed by atoms with Gasteiger partial charge in [-0.15, -0.1) is 0 Å². The standard InChI is InChI=1S/C18H19NO4/c1-18(2)11-8-7-10(9-11)14(18)17(22)23-19-15(20)12-5-3-4-6-13(12)16(19)21/h3-6,10-11,14H,7-9H2,1-2H3. The van der Waals surface area contributed by atoms with E-state index in [-0.39, 0.29) is 22.5 Å². The van der Waals surface area contributed by atoms with Gasteiger partial charge >= 0.3 is 5.97 Å². The van der Waals surface area contributed by atoms with Gasteiger partial charge in [-0.2, -0.15) is 0 Å². The highest BCUT2D eigenvalue weighted by Crippen LogP contribution is 2.59. The number of amides is 2. The number of nitrogens with zero attached hydrogens (tertiary/aromatic N) is 1. The molecule has 0 saturated heterocycles. The second-order valence-electron chi connectivity index (χ2n) is 7.43. The van der Waals surface area contributed by atoms with Crippen LogP contribution in [0.1, 0.15) is 53.8 Å². The monoisotopic (exact) mass is 313 g/mol. The summed E-state index contributed by atoms with van der Waals surface area (Å²) in [7, 11) is 0. The molecule has 5 nitrogen and oxygen atoms in total. The van der Waals surface area contributed by atoms with Crippen LogP contribution in [0.4, 0.5) is 0 Å². The molecule has 1 aromatic carbocycles. The van der Waals surface area contributed by atoms with Crippen LogP contribution in [0.2, 0.25) is 0 Å². The maximum Gasteiger partial charge on any atom is 0.337 e. The zero-order valence-electron chi connectivity index (χ0n) is 13.2. The van der Waals surface area contributed by atoms with Crippen molar-refractivity contribution in [2.24, 2.45) is 23.2 Å². The number of carbonyl (C=O) groups excluding carboxylic acids is 3. The van der Waals surface area contributed by atoms with Gasteiger partial charge in [0.25, 0.3) is 11.8 Å². The molecule has 1 aromatic rings. The number of imide groups is 1. The van der Waals surface area contributed by atoms with Gasteiger partial charge in [0.15, 0.2) is 0 Å². The third-order valence-corrected chi connectivity index (χ3v) is 5.99. The van der Waals surface area contributed by atoms with Crippen LogP contribution in [-0.4, -0.2) is 22.8 Å². The molecule has 3 unspecified atom stereocenters. The van der Waals surface area contributed by atoms with E-state index in [1.807, 2.05) is 0 Å². The van der Waals surface area contributed by atoms with Crippen molar-refractivity contribution >= 4 is 17.8 Å². The molecule has 5 heteroatoms. The molecule has 120 valence electrons. The molecule has 2 fully saturated rings. The van der Waals surface area contributed by atoms with Crippen molar-refractivity contribution in [1.29, 1.82) is 0 Å². The van der Waals surface area contributed by atoms with Gasteiger partial charge in [0, 0.05) is 0 Å². The van der Waals surface area contributed by atoms with E-state index in [0.717, 1.165) is 19.3 Å². The average molecular weight is 313 g/mol.